The van der Waals surface area contributed by atoms with E-state index in [2.05, 4.69) is 15.5 Å². The lowest BCUT2D eigenvalue weighted by atomic mass is 10.1. The van der Waals surface area contributed by atoms with Crippen LogP contribution in [0.1, 0.15) is 11.4 Å². The van der Waals surface area contributed by atoms with Gasteiger partial charge in [-0.05, 0) is 13.0 Å². The molecule has 1 amide bonds. The van der Waals surface area contributed by atoms with E-state index in [-0.39, 0.29) is 18.3 Å². The first-order valence-corrected chi connectivity index (χ1v) is 5.14. The van der Waals surface area contributed by atoms with Gasteiger partial charge in [-0.2, -0.15) is 5.10 Å². The molecular weight excluding hydrogens is 228 g/mol. The number of halogens is 1. The molecule has 0 aromatic carbocycles. The number of hydrogen-bond donors (Lipinski definition) is 2. The molecule has 0 atom stereocenters. The van der Waals surface area contributed by atoms with Gasteiger partial charge in [0.2, 0.25) is 5.91 Å². The number of rotatable bonds is 3. The first-order chi connectivity index (χ1) is 7.16. The Morgan fingerprint density at radius 1 is 1.62 bits per heavy atom. The third-order valence-electron chi connectivity index (χ3n) is 2.79. The van der Waals surface area contributed by atoms with Crippen molar-refractivity contribution in [3.8, 4) is 0 Å². The van der Waals surface area contributed by atoms with Gasteiger partial charge in [-0.15, -0.1) is 12.4 Å². The Morgan fingerprint density at radius 3 is 2.75 bits per heavy atom. The smallest absolute Gasteiger partial charge is 0.228 e. The molecule has 1 aliphatic heterocycles. The number of aromatic amines is 1. The van der Waals surface area contributed by atoms with Crippen molar-refractivity contribution in [2.24, 2.45) is 0 Å². The van der Waals surface area contributed by atoms with Crippen LogP contribution in [0.2, 0.25) is 0 Å². The molecule has 0 unspecified atom stereocenters. The molecule has 90 valence electrons. The van der Waals surface area contributed by atoms with Crippen LogP contribution in [-0.4, -0.2) is 47.2 Å². The zero-order valence-corrected chi connectivity index (χ0v) is 10.3. The number of carbonyl (C=O) groups excluding carboxylic acids is 1. The predicted molar refractivity (Wildman–Crippen MR) is 63.7 cm³/mol. The Bertz CT molecular complexity index is 361. The van der Waals surface area contributed by atoms with E-state index in [4.69, 9.17) is 0 Å². The summed E-state index contributed by atoms with van der Waals surface area (Å²) in [5.41, 5.74) is 1.81. The number of likely N-dealkylation sites (N-methyl/N-ethyl adjacent to an activating group) is 1. The fourth-order valence-corrected chi connectivity index (χ4v) is 1.60. The second kappa shape index (κ2) is 5.32. The maximum absolute atomic E-state index is 11.8. The molecule has 1 aromatic heterocycles. The Labute approximate surface area is 101 Å². The molecule has 2 N–H and O–H groups in total. The lowest BCUT2D eigenvalue weighted by molar-refractivity contribution is -0.132. The van der Waals surface area contributed by atoms with Gasteiger partial charge < -0.3 is 10.2 Å². The quantitative estimate of drug-likeness (QED) is 0.794. The Kier molecular flexibility index (Phi) is 4.32. The molecule has 2 heterocycles. The standard InChI is InChI=1S/C10H16N4O.ClH/c1-7-3-8(13-12-7)4-10(15)14(2)9-5-11-6-9;/h3,9,11H,4-6H2,1-2H3,(H,12,13);1H. The van der Waals surface area contributed by atoms with Crippen LogP contribution in [0, 0.1) is 6.92 Å². The summed E-state index contributed by atoms with van der Waals surface area (Å²) in [7, 11) is 1.85. The fourth-order valence-electron chi connectivity index (χ4n) is 1.60. The van der Waals surface area contributed by atoms with Crippen molar-refractivity contribution in [3.63, 3.8) is 0 Å². The highest BCUT2D eigenvalue weighted by Crippen LogP contribution is 2.06. The monoisotopic (exact) mass is 244 g/mol. The molecule has 5 nitrogen and oxygen atoms in total. The maximum atomic E-state index is 11.8. The second-order valence-electron chi connectivity index (χ2n) is 4.04. The zero-order valence-electron chi connectivity index (χ0n) is 9.49. The van der Waals surface area contributed by atoms with Crippen LogP contribution in [0.3, 0.4) is 0 Å². The van der Waals surface area contributed by atoms with Gasteiger partial charge in [0.05, 0.1) is 18.2 Å². The lowest BCUT2D eigenvalue weighted by Gasteiger charge is -2.35. The van der Waals surface area contributed by atoms with Gasteiger partial charge in [-0.25, -0.2) is 0 Å². The van der Waals surface area contributed by atoms with Crippen molar-refractivity contribution in [2.45, 2.75) is 19.4 Å². The minimum atomic E-state index is 0. The molecule has 0 spiro atoms. The summed E-state index contributed by atoms with van der Waals surface area (Å²) in [4.78, 5) is 13.6. The molecule has 1 saturated heterocycles. The molecule has 1 aromatic rings. The highest BCUT2D eigenvalue weighted by molar-refractivity contribution is 5.85. The topological polar surface area (TPSA) is 61.0 Å². The van der Waals surface area contributed by atoms with E-state index in [1.165, 1.54) is 0 Å². The highest BCUT2D eigenvalue weighted by Gasteiger charge is 2.25. The predicted octanol–water partition coefficient (Wildman–Crippen LogP) is 0.113. The molecule has 0 saturated carbocycles. The number of H-pyrrole nitrogens is 1. The molecule has 1 fully saturated rings. The summed E-state index contributed by atoms with van der Waals surface area (Å²) >= 11 is 0. The SMILES string of the molecule is Cc1cc(CC(=O)N(C)C2CNC2)n[nH]1.Cl. The average Bonchev–Trinajstić information content (AvgIpc) is 2.48. The first kappa shape index (κ1) is 13.0. The molecule has 16 heavy (non-hydrogen) atoms. The molecule has 0 aliphatic carbocycles. The van der Waals surface area contributed by atoms with Crippen LogP contribution in [0.25, 0.3) is 0 Å². The van der Waals surface area contributed by atoms with Crippen LogP contribution in [0.4, 0.5) is 0 Å². The van der Waals surface area contributed by atoms with Crippen LogP contribution in [-0.2, 0) is 11.2 Å². The van der Waals surface area contributed by atoms with E-state index in [1.807, 2.05) is 20.0 Å². The van der Waals surface area contributed by atoms with E-state index in [1.54, 1.807) is 4.90 Å². The maximum Gasteiger partial charge on any atom is 0.228 e. The number of aromatic nitrogens is 2. The average molecular weight is 245 g/mol. The van der Waals surface area contributed by atoms with Gasteiger partial charge in [0.25, 0.3) is 0 Å². The van der Waals surface area contributed by atoms with Gasteiger partial charge in [0, 0.05) is 25.8 Å². The summed E-state index contributed by atoms with van der Waals surface area (Å²) in [5, 5.41) is 10.0. The van der Waals surface area contributed by atoms with Crippen molar-refractivity contribution < 1.29 is 4.79 Å². The van der Waals surface area contributed by atoms with E-state index < -0.39 is 0 Å². The van der Waals surface area contributed by atoms with Crippen molar-refractivity contribution >= 4 is 18.3 Å². The summed E-state index contributed by atoms with van der Waals surface area (Å²) in [5.74, 6) is 0.132. The van der Waals surface area contributed by atoms with E-state index in [0.717, 1.165) is 24.5 Å². The molecular formula is C10H17ClN4O. The van der Waals surface area contributed by atoms with Gasteiger partial charge >= 0.3 is 0 Å². The van der Waals surface area contributed by atoms with Crippen molar-refractivity contribution in [1.82, 2.24) is 20.4 Å². The van der Waals surface area contributed by atoms with Crippen molar-refractivity contribution in [1.29, 1.82) is 0 Å². The number of nitrogens with one attached hydrogen (secondary N) is 2. The Hall–Kier alpha value is -1.07. The number of nitrogens with zero attached hydrogens (tertiary/aromatic N) is 2. The molecule has 6 heteroatoms. The van der Waals surface area contributed by atoms with Crippen LogP contribution in [0.5, 0.6) is 0 Å². The third-order valence-corrected chi connectivity index (χ3v) is 2.79. The van der Waals surface area contributed by atoms with Gasteiger partial charge in [0.15, 0.2) is 0 Å². The second-order valence-corrected chi connectivity index (χ2v) is 4.04. The Balaban J connectivity index is 0.00000128. The summed E-state index contributed by atoms with van der Waals surface area (Å²) in [6.45, 7) is 3.74. The van der Waals surface area contributed by atoms with E-state index in [0.29, 0.717) is 12.5 Å². The van der Waals surface area contributed by atoms with Gasteiger partial charge in [-0.1, -0.05) is 0 Å². The van der Waals surface area contributed by atoms with Crippen LogP contribution < -0.4 is 5.32 Å². The van der Waals surface area contributed by atoms with Crippen LogP contribution in [0.15, 0.2) is 6.07 Å². The summed E-state index contributed by atoms with van der Waals surface area (Å²) in [6.07, 6.45) is 0.386. The van der Waals surface area contributed by atoms with E-state index >= 15 is 0 Å². The normalized spacial score (nSPS) is 15.1. The van der Waals surface area contributed by atoms with E-state index in [9.17, 15) is 4.79 Å². The number of amides is 1. The third kappa shape index (κ3) is 2.74. The van der Waals surface area contributed by atoms with Gasteiger partial charge in [0.1, 0.15) is 0 Å². The minimum absolute atomic E-state index is 0. The number of aryl methyl sites for hydroxylation is 1. The molecule has 1 aliphatic rings. The molecule has 2 rings (SSSR count). The summed E-state index contributed by atoms with van der Waals surface area (Å²) < 4.78 is 0. The van der Waals surface area contributed by atoms with Crippen molar-refractivity contribution in [2.75, 3.05) is 20.1 Å². The number of hydrogen-bond acceptors (Lipinski definition) is 3. The molecule has 0 bridgehead atoms. The zero-order chi connectivity index (χ0) is 10.8. The number of carbonyl (C=O) groups is 1. The van der Waals surface area contributed by atoms with Gasteiger partial charge in [-0.3, -0.25) is 9.89 Å². The van der Waals surface area contributed by atoms with Crippen molar-refractivity contribution in [3.05, 3.63) is 17.5 Å². The lowest BCUT2D eigenvalue weighted by Crippen LogP contribution is -2.57. The first-order valence-electron chi connectivity index (χ1n) is 5.14. The fraction of sp³-hybridized carbons (Fsp3) is 0.600. The Morgan fingerprint density at radius 2 is 2.31 bits per heavy atom. The summed E-state index contributed by atoms with van der Waals surface area (Å²) in [6, 6.07) is 2.27. The largest absolute Gasteiger partial charge is 0.340 e. The van der Waals surface area contributed by atoms with Crippen LogP contribution >= 0.6 is 12.4 Å². The highest BCUT2D eigenvalue weighted by atomic mass is 35.5. The minimum Gasteiger partial charge on any atom is -0.340 e. The molecule has 0 radical (unpaired) electrons.